The fourth-order valence-corrected chi connectivity index (χ4v) is 3.71. The van der Waals surface area contributed by atoms with Crippen LogP contribution in [0.25, 0.3) is 11.2 Å². The maximum absolute atomic E-state index is 12.3. The van der Waals surface area contributed by atoms with Crippen LogP contribution in [-0.4, -0.2) is 26.2 Å². The Kier molecular flexibility index (Phi) is 5.51. The molecule has 1 N–H and O–H groups in total. The molecule has 3 rings (SSSR count). The molecule has 0 atom stereocenters. The Morgan fingerprint density at radius 3 is 2.85 bits per heavy atom. The first-order chi connectivity index (χ1) is 12.5. The number of H-pyrrole nitrogens is 1. The number of nitrogens with zero attached hydrogens (tertiary/aromatic N) is 3. The van der Waals surface area contributed by atoms with E-state index in [0.717, 1.165) is 29.3 Å². The van der Waals surface area contributed by atoms with E-state index < -0.39 is 11.2 Å². The van der Waals surface area contributed by atoms with Crippen molar-refractivity contribution in [2.24, 2.45) is 7.05 Å². The highest BCUT2D eigenvalue weighted by Gasteiger charge is 2.16. The third-order valence-electron chi connectivity index (χ3n) is 4.25. The molecule has 0 aliphatic carbocycles. The predicted octanol–water partition coefficient (Wildman–Crippen LogP) is 2.52. The van der Waals surface area contributed by atoms with Crippen molar-refractivity contribution >= 4 is 22.9 Å². The number of methoxy groups -OCH3 is 1. The average Bonchev–Trinajstić information content (AvgIpc) is 2.97. The molecule has 138 valence electrons. The summed E-state index contributed by atoms with van der Waals surface area (Å²) in [5.41, 5.74) is 0.0873. The molecule has 0 spiro atoms. The third-order valence-corrected chi connectivity index (χ3v) is 5.24. The summed E-state index contributed by atoms with van der Waals surface area (Å²) >= 11 is 1.60. The molecular weight excluding hydrogens is 352 g/mol. The highest BCUT2D eigenvalue weighted by atomic mass is 32.2. The fourth-order valence-electron chi connectivity index (χ4n) is 2.78. The lowest BCUT2D eigenvalue weighted by atomic mass is 10.3. The lowest BCUT2D eigenvalue weighted by Gasteiger charge is -2.05. The quantitative estimate of drug-likeness (QED) is 0.643. The van der Waals surface area contributed by atoms with Crippen LogP contribution in [0.1, 0.15) is 25.6 Å². The fraction of sp³-hybridized carbons (Fsp3) is 0.389. The number of aryl methyl sites for hydroxylation is 2. The summed E-state index contributed by atoms with van der Waals surface area (Å²) in [5.74, 6) is 2.12. The van der Waals surface area contributed by atoms with Crippen molar-refractivity contribution in [2.45, 2.75) is 37.0 Å². The Labute approximate surface area is 155 Å². The number of benzene rings is 1. The summed E-state index contributed by atoms with van der Waals surface area (Å²) in [6, 6.07) is 7.78. The topological polar surface area (TPSA) is 81.9 Å². The molecule has 0 fully saturated rings. The van der Waals surface area contributed by atoms with Crippen molar-refractivity contribution < 1.29 is 4.74 Å². The van der Waals surface area contributed by atoms with E-state index in [2.05, 4.69) is 16.9 Å². The van der Waals surface area contributed by atoms with Crippen LogP contribution in [-0.2, 0) is 19.3 Å². The highest BCUT2D eigenvalue weighted by Crippen LogP contribution is 2.26. The standard InChI is InChI=1S/C18H22N4O3S/c1-4-5-9-22-16-15(17(23)20-18(22)24)21(2)14(19-16)11-26-13-8-6-7-12(10-13)25-3/h6-8,10H,4-5,9,11H2,1-3H3,(H,20,23,24). The average molecular weight is 374 g/mol. The van der Waals surface area contributed by atoms with Crippen molar-refractivity contribution in [3.8, 4) is 5.75 Å². The Bertz CT molecular complexity index is 1040. The second-order valence-electron chi connectivity index (χ2n) is 5.99. The zero-order valence-electron chi connectivity index (χ0n) is 15.1. The minimum atomic E-state index is -0.402. The summed E-state index contributed by atoms with van der Waals surface area (Å²) in [6.45, 7) is 2.60. The lowest BCUT2D eigenvalue weighted by Crippen LogP contribution is -2.31. The molecule has 2 heterocycles. The second-order valence-corrected chi connectivity index (χ2v) is 7.04. The molecule has 7 nitrogen and oxygen atoms in total. The molecule has 1 aromatic carbocycles. The van der Waals surface area contributed by atoms with Crippen LogP contribution in [0, 0.1) is 0 Å². The number of aromatic nitrogens is 4. The van der Waals surface area contributed by atoms with Crippen LogP contribution in [0.2, 0.25) is 0 Å². The van der Waals surface area contributed by atoms with E-state index in [-0.39, 0.29) is 0 Å². The summed E-state index contributed by atoms with van der Waals surface area (Å²) < 4.78 is 8.57. The molecule has 0 bridgehead atoms. The number of nitrogens with one attached hydrogen (secondary N) is 1. The number of rotatable bonds is 7. The number of hydrogen-bond donors (Lipinski definition) is 1. The first-order valence-corrected chi connectivity index (χ1v) is 9.49. The molecule has 0 aliphatic heterocycles. The number of ether oxygens (including phenoxy) is 1. The van der Waals surface area contributed by atoms with Crippen LogP contribution < -0.4 is 16.0 Å². The van der Waals surface area contributed by atoms with Crippen molar-refractivity contribution in [1.29, 1.82) is 0 Å². The van der Waals surface area contributed by atoms with E-state index in [1.807, 2.05) is 24.3 Å². The van der Waals surface area contributed by atoms with Crippen LogP contribution in [0.3, 0.4) is 0 Å². The minimum Gasteiger partial charge on any atom is -0.497 e. The van der Waals surface area contributed by atoms with Gasteiger partial charge in [-0.1, -0.05) is 19.4 Å². The monoisotopic (exact) mass is 374 g/mol. The number of thioether (sulfide) groups is 1. The molecule has 0 saturated heterocycles. The first-order valence-electron chi connectivity index (χ1n) is 8.50. The maximum atomic E-state index is 12.3. The molecule has 0 aliphatic rings. The molecule has 0 radical (unpaired) electrons. The van der Waals surface area contributed by atoms with Crippen molar-refractivity contribution in [3.05, 3.63) is 50.9 Å². The molecule has 2 aromatic heterocycles. The van der Waals surface area contributed by atoms with Crippen LogP contribution in [0.15, 0.2) is 38.8 Å². The predicted molar refractivity (Wildman–Crippen MR) is 103 cm³/mol. The smallest absolute Gasteiger partial charge is 0.330 e. The Hall–Kier alpha value is -2.48. The van der Waals surface area contributed by atoms with Crippen molar-refractivity contribution in [2.75, 3.05) is 7.11 Å². The summed E-state index contributed by atoms with van der Waals surface area (Å²) in [4.78, 5) is 32.5. The molecule has 0 saturated carbocycles. The Morgan fingerprint density at radius 1 is 1.31 bits per heavy atom. The van der Waals surface area contributed by atoms with E-state index in [1.54, 1.807) is 35.1 Å². The Balaban J connectivity index is 1.96. The van der Waals surface area contributed by atoms with Gasteiger partial charge < -0.3 is 9.30 Å². The number of imidazole rings is 1. The van der Waals surface area contributed by atoms with Gasteiger partial charge in [-0.3, -0.25) is 14.3 Å². The van der Waals surface area contributed by atoms with Gasteiger partial charge in [0.2, 0.25) is 0 Å². The lowest BCUT2D eigenvalue weighted by molar-refractivity contribution is 0.413. The third kappa shape index (κ3) is 3.55. The van der Waals surface area contributed by atoms with Crippen molar-refractivity contribution in [3.63, 3.8) is 0 Å². The van der Waals surface area contributed by atoms with Gasteiger partial charge in [0.1, 0.15) is 11.6 Å². The van der Waals surface area contributed by atoms with Gasteiger partial charge in [0.25, 0.3) is 5.56 Å². The van der Waals surface area contributed by atoms with Crippen LogP contribution in [0.5, 0.6) is 5.75 Å². The molecule has 26 heavy (non-hydrogen) atoms. The molecule has 0 unspecified atom stereocenters. The second kappa shape index (κ2) is 7.82. The van der Waals surface area contributed by atoms with Crippen molar-refractivity contribution in [1.82, 2.24) is 19.1 Å². The van der Waals surface area contributed by atoms with Gasteiger partial charge in [-0.25, -0.2) is 9.78 Å². The zero-order chi connectivity index (χ0) is 18.7. The van der Waals surface area contributed by atoms with E-state index in [4.69, 9.17) is 4.74 Å². The summed E-state index contributed by atoms with van der Waals surface area (Å²) in [7, 11) is 3.44. The first kappa shape index (κ1) is 18.3. The van der Waals surface area contributed by atoms with Gasteiger partial charge in [0.05, 0.1) is 12.9 Å². The number of aromatic amines is 1. The molecule has 0 amide bonds. The summed E-state index contributed by atoms with van der Waals surface area (Å²) in [5, 5.41) is 0. The Morgan fingerprint density at radius 2 is 2.12 bits per heavy atom. The highest BCUT2D eigenvalue weighted by molar-refractivity contribution is 7.98. The van der Waals surface area contributed by atoms with E-state index >= 15 is 0 Å². The van der Waals surface area contributed by atoms with Gasteiger partial charge in [0, 0.05) is 18.5 Å². The van der Waals surface area contributed by atoms with Gasteiger partial charge in [0.15, 0.2) is 11.2 Å². The maximum Gasteiger partial charge on any atom is 0.330 e. The number of hydrogen-bond acceptors (Lipinski definition) is 5. The normalized spacial score (nSPS) is 11.2. The van der Waals surface area contributed by atoms with E-state index in [1.165, 1.54) is 0 Å². The molecule has 3 aromatic rings. The summed E-state index contributed by atoms with van der Waals surface area (Å²) in [6.07, 6.45) is 1.81. The van der Waals surface area contributed by atoms with E-state index in [9.17, 15) is 9.59 Å². The van der Waals surface area contributed by atoms with Gasteiger partial charge in [-0.15, -0.1) is 11.8 Å². The van der Waals surface area contributed by atoms with E-state index in [0.29, 0.717) is 23.5 Å². The number of unbranched alkanes of at least 4 members (excludes halogenated alkanes) is 1. The van der Waals surface area contributed by atoms with Gasteiger partial charge in [-0.05, 0) is 24.6 Å². The minimum absolute atomic E-state index is 0.398. The van der Waals surface area contributed by atoms with Crippen LogP contribution in [0.4, 0.5) is 0 Å². The number of fused-ring (bicyclic) bond motifs is 1. The SMILES string of the molecule is CCCCn1c(=O)[nH]c(=O)c2c1nc(CSc1cccc(OC)c1)n2C. The van der Waals surface area contributed by atoms with Gasteiger partial charge in [-0.2, -0.15) is 0 Å². The molecular formula is C18H22N4O3S. The van der Waals surface area contributed by atoms with Gasteiger partial charge >= 0.3 is 5.69 Å². The molecule has 8 heteroatoms. The zero-order valence-corrected chi connectivity index (χ0v) is 15.9. The largest absolute Gasteiger partial charge is 0.497 e. The van der Waals surface area contributed by atoms with Crippen LogP contribution >= 0.6 is 11.8 Å².